The van der Waals surface area contributed by atoms with Crippen molar-refractivity contribution in [2.24, 2.45) is 0 Å². The van der Waals surface area contributed by atoms with Gasteiger partial charge in [0.2, 0.25) is 10.0 Å². The van der Waals surface area contributed by atoms with Gasteiger partial charge in [-0.05, 0) is 31.9 Å². The van der Waals surface area contributed by atoms with Crippen molar-refractivity contribution < 1.29 is 23.4 Å². The van der Waals surface area contributed by atoms with E-state index in [1.807, 2.05) is 11.6 Å². The lowest BCUT2D eigenvalue weighted by Gasteiger charge is -2.16. The number of benzene rings is 1. The molecule has 7 heteroatoms. The topological polar surface area (TPSA) is 104 Å². The fraction of sp³-hybridized carbons (Fsp3) is 0.417. The van der Waals surface area contributed by atoms with Gasteiger partial charge in [-0.1, -0.05) is 17.7 Å². The van der Waals surface area contributed by atoms with Crippen LogP contribution < -0.4 is 4.72 Å². The van der Waals surface area contributed by atoms with E-state index >= 15 is 0 Å². The molecule has 106 valence electrons. The van der Waals surface area contributed by atoms with Crippen LogP contribution in [0.15, 0.2) is 17.0 Å². The minimum atomic E-state index is -3.99. The van der Waals surface area contributed by atoms with Crippen molar-refractivity contribution in [1.29, 1.82) is 0 Å². The van der Waals surface area contributed by atoms with Crippen LogP contribution >= 0.6 is 0 Å². The van der Waals surface area contributed by atoms with Crippen LogP contribution in [0.25, 0.3) is 0 Å². The highest BCUT2D eigenvalue weighted by Crippen LogP contribution is 2.21. The van der Waals surface area contributed by atoms with Crippen molar-refractivity contribution in [2.75, 3.05) is 6.61 Å². The largest absolute Gasteiger partial charge is 0.480 e. The summed E-state index contributed by atoms with van der Waals surface area (Å²) < 4.78 is 26.3. The molecular weight excluding hydrogens is 270 g/mol. The molecule has 0 aromatic heterocycles. The monoisotopic (exact) mass is 287 g/mol. The number of aliphatic hydroxyl groups is 1. The number of carboxylic acids is 1. The highest BCUT2D eigenvalue weighted by atomic mass is 32.2. The van der Waals surface area contributed by atoms with E-state index in [9.17, 15) is 13.2 Å². The van der Waals surface area contributed by atoms with Gasteiger partial charge in [-0.2, -0.15) is 4.72 Å². The van der Waals surface area contributed by atoms with Gasteiger partial charge in [-0.15, -0.1) is 0 Å². The zero-order chi connectivity index (χ0) is 14.8. The average Bonchev–Trinajstić information content (AvgIpc) is 2.23. The number of hydrogen-bond donors (Lipinski definition) is 3. The molecular formula is C12H17NO5S. The maximum Gasteiger partial charge on any atom is 0.324 e. The summed E-state index contributed by atoms with van der Waals surface area (Å²) in [5, 5.41) is 17.7. The summed E-state index contributed by atoms with van der Waals surface area (Å²) in [6, 6.07) is 1.86. The van der Waals surface area contributed by atoms with Crippen molar-refractivity contribution in [3.05, 3.63) is 28.8 Å². The second kappa shape index (κ2) is 5.68. The second-order valence-electron chi connectivity index (χ2n) is 4.42. The van der Waals surface area contributed by atoms with E-state index in [0.717, 1.165) is 5.56 Å². The van der Waals surface area contributed by atoms with Gasteiger partial charge >= 0.3 is 5.97 Å². The molecule has 1 rings (SSSR count). The zero-order valence-corrected chi connectivity index (χ0v) is 11.8. The predicted molar refractivity (Wildman–Crippen MR) is 69.5 cm³/mol. The SMILES string of the molecule is Cc1cc(C)c(S(=O)(=O)NC(CO)C(=O)O)c(C)c1. The normalized spacial score (nSPS) is 13.3. The Morgan fingerprint density at radius 2 is 1.74 bits per heavy atom. The molecule has 0 radical (unpaired) electrons. The number of aliphatic carboxylic acids is 1. The number of rotatable bonds is 5. The number of carbonyl (C=O) groups is 1. The Kier molecular flexibility index (Phi) is 4.67. The number of nitrogens with one attached hydrogen (secondary N) is 1. The van der Waals surface area contributed by atoms with Crippen LogP contribution in [0.4, 0.5) is 0 Å². The van der Waals surface area contributed by atoms with E-state index in [4.69, 9.17) is 10.2 Å². The van der Waals surface area contributed by atoms with E-state index in [1.54, 1.807) is 26.0 Å². The van der Waals surface area contributed by atoms with Crippen molar-refractivity contribution in [3.8, 4) is 0 Å². The van der Waals surface area contributed by atoms with Crippen molar-refractivity contribution in [3.63, 3.8) is 0 Å². The zero-order valence-electron chi connectivity index (χ0n) is 11.0. The smallest absolute Gasteiger partial charge is 0.324 e. The first-order valence-corrected chi connectivity index (χ1v) is 7.11. The van der Waals surface area contributed by atoms with Gasteiger partial charge in [0.25, 0.3) is 0 Å². The quantitative estimate of drug-likeness (QED) is 0.724. The number of carboxylic acid groups (broad SMARTS) is 1. The Morgan fingerprint density at radius 1 is 1.26 bits per heavy atom. The molecule has 1 atom stereocenters. The van der Waals surface area contributed by atoms with Crippen LogP contribution in [0, 0.1) is 20.8 Å². The molecule has 0 aliphatic rings. The van der Waals surface area contributed by atoms with E-state index in [2.05, 4.69) is 0 Å². The van der Waals surface area contributed by atoms with Gasteiger partial charge in [0.1, 0.15) is 6.04 Å². The lowest BCUT2D eigenvalue weighted by Crippen LogP contribution is -2.43. The summed E-state index contributed by atoms with van der Waals surface area (Å²) in [5.41, 5.74) is 1.99. The highest BCUT2D eigenvalue weighted by molar-refractivity contribution is 7.89. The van der Waals surface area contributed by atoms with Gasteiger partial charge in [-0.25, -0.2) is 8.42 Å². The van der Waals surface area contributed by atoms with Gasteiger partial charge in [0.15, 0.2) is 0 Å². The molecule has 3 N–H and O–H groups in total. The Bertz CT molecular complexity index is 571. The Labute approximate surface area is 112 Å². The van der Waals surface area contributed by atoms with Crippen LogP contribution in [0.1, 0.15) is 16.7 Å². The molecule has 0 saturated carbocycles. The molecule has 1 aromatic carbocycles. The lowest BCUT2D eigenvalue weighted by atomic mass is 10.1. The molecule has 0 saturated heterocycles. The first-order valence-electron chi connectivity index (χ1n) is 5.63. The predicted octanol–water partition coefficient (Wildman–Crippen LogP) is 0.336. The standard InChI is InChI=1S/C12H17NO5S/c1-7-4-8(2)11(9(3)5-7)19(17,18)13-10(6-14)12(15)16/h4-5,10,13-14H,6H2,1-3H3,(H,15,16). The van der Waals surface area contributed by atoms with Crippen molar-refractivity contribution >= 4 is 16.0 Å². The molecule has 0 amide bonds. The average molecular weight is 287 g/mol. The molecule has 19 heavy (non-hydrogen) atoms. The Morgan fingerprint density at radius 3 is 2.11 bits per heavy atom. The number of aryl methyl sites for hydroxylation is 3. The Balaban J connectivity index is 3.25. The van der Waals surface area contributed by atoms with Gasteiger partial charge in [0.05, 0.1) is 11.5 Å². The van der Waals surface area contributed by atoms with E-state index < -0.39 is 28.6 Å². The highest BCUT2D eigenvalue weighted by Gasteiger charge is 2.27. The molecule has 1 unspecified atom stereocenters. The maximum atomic E-state index is 12.2. The third kappa shape index (κ3) is 3.52. The van der Waals surface area contributed by atoms with Crippen LogP contribution in [-0.2, 0) is 14.8 Å². The molecule has 0 aliphatic carbocycles. The maximum absolute atomic E-state index is 12.2. The van der Waals surface area contributed by atoms with Crippen molar-refractivity contribution in [1.82, 2.24) is 4.72 Å². The number of hydrogen-bond acceptors (Lipinski definition) is 4. The summed E-state index contributed by atoms with van der Waals surface area (Å²) in [6.07, 6.45) is 0. The van der Waals surface area contributed by atoms with Gasteiger partial charge in [0, 0.05) is 0 Å². The van der Waals surface area contributed by atoms with Crippen LogP contribution in [0.5, 0.6) is 0 Å². The van der Waals surface area contributed by atoms with Crippen LogP contribution in [-0.4, -0.2) is 37.2 Å². The second-order valence-corrected chi connectivity index (χ2v) is 6.07. The van der Waals surface area contributed by atoms with E-state index in [-0.39, 0.29) is 4.90 Å². The number of aliphatic hydroxyl groups excluding tert-OH is 1. The fourth-order valence-corrected chi connectivity index (χ4v) is 3.64. The molecule has 0 fully saturated rings. The third-order valence-electron chi connectivity index (χ3n) is 2.65. The summed E-state index contributed by atoms with van der Waals surface area (Å²) in [6.45, 7) is 4.32. The molecule has 0 spiro atoms. The summed E-state index contributed by atoms with van der Waals surface area (Å²) >= 11 is 0. The first-order chi connectivity index (χ1) is 8.69. The van der Waals surface area contributed by atoms with Crippen LogP contribution in [0.3, 0.4) is 0 Å². The number of sulfonamides is 1. The van der Waals surface area contributed by atoms with Gasteiger partial charge < -0.3 is 10.2 Å². The first kappa shape index (κ1) is 15.6. The third-order valence-corrected chi connectivity index (χ3v) is 4.43. The lowest BCUT2D eigenvalue weighted by molar-refractivity contribution is -0.139. The van der Waals surface area contributed by atoms with E-state index in [1.165, 1.54) is 0 Å². The molecule has 0 aliphatic heterocycles. The fourth-order valence-electron chi connectivity index (χ4n) is 2.00. The van der Waals surface area contributed by atoms with Gasteiger partial charge in [-0.3, -0.25) is 4.79 Å². The Hall–Kier alpha value is -1.44. The summed E-state index contributed by atoms with van der Waals surface area (Å²) in [4.78, 5) is 10.8. The summed E-state index contributed by atoms with van der Waals surface area (Å²) in [5.74, 6) is -1.42. The molecule has 0 bridgehead atoms. The summed E-state index contributed by atoms with van der Waals surface area (Å²) in [7, 11) is -3.99. The van der Waals surface area contributed by atoms with Crippen LogP contribution in [0.2, 0.25) is 0 Å². The minimum Gasteiger partial charge on any atom is -0.480 e. The molecule has 1 aromatic rings. The molecule has 0 heterocycles. The molecule has 6 nitrogen and oxygen atoms in total. The van der Waals surface area contributed by atoms with Crippen molar-refractivity contribution in [2.45, 2.75) is 31.7 Å². The minimum absolute atomic E-state index is 0.0535. The van der Waals surface area contributed by atoms with E-state index in [0.29, 0.717) is 11.1 Å².